The molecule has 0 amide bonds. The minimum absolute atomic E-state index is 0.0705. The maximum Gasteiger partial charge on any atom is 0.335 e. The second-order valence-electron chi connectivity index (χ2n) is 5.91. The number of aryl methyl sites for hydroxylation is 2. The van der Waals surface area contributed by atoms with Crippen LogP contribution in [0.4, 0.5) is 5.13 Å². The summed E-state index contributed by atoms with van der Waals surface area (Å²) in [5, 5.41) is 10.9. The number of carboxylic acid groups (broad SMARTS) is 1. The largest absolute Gasteiger partial charge is 0.478 e. The number of carboxylic acids is 1. The van der Waals surface area contributed by atoms with Crippen molar-refractivity contribution in [3.63, 3.8) is 0 Å². The molecule has 2 N–H and O–H groups in total. The van der Waals surface area contributed by atoms with Crippen LogP contribution in [0.2, 0.25) is 5.02 Å². The summed E-state index contributed by atoms with van der Waals surface area (Å²) in [4.78, 5) is 15.1. The van der Waals surface area contributed by atoms with Gasteiger partial charge in [-0.1, -0.05) is 29.3 Å². The third-order valence-electron chi connectivity index (χ3n) is 3.86. The smallest absolute Gasteiger partial charge is 0.335 e. The van der Waals surface area contributed by atoms with E-state index in [4.69, 9.17) is 16.7 Å². The first-order valence-corrected chi connectivity index (χ1v) is 10.5. The van der Waals surface area contributed by atoms with Crippen LogP contribution in [0.3, 0.4) is 0 Å². The first kappa shape index (κ1) is 19.3. The van der Waals surface area contributed by atoms with Crippen LogP contribution in [0.5, 0.6) is 0 Å². The number of hydrogen-bond acceptors (Lipinski definition) is 5. The van der Waals surface area contributed by atoms with Gasteiger partial charge in [-0.2, -0.15) is 0 Å². The normalized spacial score (nSPS) is 11.4. The average molecular weight is 423 g/mol. The van der Waals surface area contributed by atoms with E-state index in [1.54, 1.807) is 5.38 Å². The molecule has 0 aliphatic heterocycles. The molecule has 0 saturated heterocycles. The zero-order chi connectivity index (χ0) is 19.8. The van der Waals surface area contributed by atoms with E-state index in [-0.39, 0.29) is 20.6 Å². The van der Waals surface area contributed by atoms with Crippen LogP contribution in [0.15, 0.2) is 46.7 Å². The van der Waals surface area contributed by atoms with E-state index in [0.29, 0.717) is 5.69 Å². The summed E-state index contributed by atoms with van der Waals surface area (Å²) in [5.41, 5.74) is 3.50. The molecule has 2 aromatic carbocycles. The topological polar surface area (TPSA) is 96.4 Å². The van der Waals surface area contributed by atoms with Crippen molar-refractivity contribution in [3.05, 3.63) is 63.5 Å². The highest BCUT2D eigenvalue weighted by Gasteiger charge is 2.22. The molecule has 9 heteroatoms. The summed E-state index contributed by atoms with van der Waals surface area (Å²) in [5.74, 6) is -1.24. The first-order chi connectivity index (χ1) is 12.7. The zero-order valence-electron chi connectivity index (χ0n) is 14.4. The monoisotopic (exact) mass is 422 g/mol. The van der Waals surface area contributed by atoms with E-state index in [9.17, 15) is 13.2 Å². The quantitative estimate of drug-likeness (QED) is 0.627. The third kappa shape index (κ3) is 4.13. The molecule has 0 atom stereocenters. The van der Waals surface area contributed by atoms with Crippen LogP contribution in [-0.4, -0.2) is 24.5 Å². The minimum atomic E-state index is -4.08. The number of hydrogen-bond donors (Lipinski definition) is 2. The standard InChI is InChI=1S/C18H15ClN2O4S2/c1-10-3-4-11(2)13(7-10)15-9-26-18(20-15)21-27(24,25)16-8-12(17(22)23)5-6-14(16)19/h3-9H,1-2H3,(H,20,21)(H,22,23). The Balaban J connectivity index is 1.94. The van der Waals surface area contributed by atoms with Gasteiger partial charge in [-0.25, -0.2) is 18.2 Å². The predicted octanol–water partition coefficient (Wildman–Crippen LogP) is 4.58. The molecule has 0 bridgehead atoms. The van der Waals surface area contributed by atoms with E-state index in [1.165, 1.54) is 12.1 Å². The Morgan fingerprint density at radius 3 is 2.63 bits per heavy atom. The van der Waals surface area contributed by atoms with Gasteiger partial charge in [0.2, 0.25) is 0 Å². The maximum absolute atomic E-state index is 12.6. The van der Waals surface area contributed by atoms with Crippen LogP contribution in [0, 0.1) is 13.8 Å². The Labute approximate surface area is 165 Å². The number of aromatic carboxylic acids is 1. The summed E-state index contributed by atoms with van der Waals surface area (Å²) in [6.07, 6.45) is 0. The van der Waals surface area contributed by atoms with Crippen LogP contribution in [0.25, 0.3) is 11.3 Å². The van der Waals surface area contributed by atoms with Gasteiger partial charge in [0.15, 0.2) is 5.13 Å². The van der Waals surface area contributed by atoms with Crippen molar-refractivity contribution in [1.82, 2.24) is 4.98 Å². The fourth-order valence-corrected chi connectivity index (χ4v) is 4.96. The second-order valence-corrected chi connectivity index (χ2v) is 8.83. The molecule has 0 radical (unpaired) electrons. The van der Waals surface area contributed by atoms with Gasteiger partial charge in [0.05, 0.1) is 16.3 Å². The van der Waals surface area contributed by atoms with Gasteiger partial charge in [-0.15, -0.1) is 11.3 Å². The van der Waals surface area contributed by atoms with E-state index < -0.39 is 16.0 Å². The summed E-state index contributed by atoms with van der Waals surface area (Å²) in [7, 11) is -4.08. The van der Waals surface area contributed by atoms with E-state index in [1.807, 2.05) is 32.0 Å². The van der Waals surface area contributed by atoms with Crippen molar-refractivity contribution in [2.75, 3.05) is 4.72 Å². The van der Waals surface area contributed by atoms with Crippen molar-refractivity contribution in [1.29, 1.82) is 0 Å². The summed E-state index contributed by atoms with van der Waals surface area (Å²) >= 11 is 7.10. The lowest BCUT2D eigenvalue weighted by atomic mass is 10.0. The average Bonchev–Trinajstić information content (AvgIpc) is 3.04. The number of nitrogens with one attached hydrogen (secondary N) is 1. The van der Waals surface area contributed by atoms with Crippen molar-refractivity contribution >= 4 is 44.1 Å². The number of rotatable bonds is 5. The lowest BCUT2D eigenvalue weighted by Gasteiger charge is -2.08. The molecule has 0 unspecified atom stereocenters. The molecule has 1 heterocycles. The molecule has 6 nitrogen and oxygen atoms in total. The highest BCUT2D eigenvalue weighted by atomic mass is 35.5. The number of anilines is 1. The number of nitrogens with zero attached hydrogens (tertiary/aromatic N) is 1. The fourth-order valence-electron chi connectivity index (χ4n) is 2.47. The number of aromatic nitrogens is 1. The number of benzene rings is 2. The van der Waals surface area contributed by atoms with Gasteiger partial charge in [0.1, 0.15) is 4.90 Å². The Kier molecular flexibility index (Phi) is 5.23. The van der Waals surface area contributed by atoms with Gasteiger partial charge in [-0.05, 0) is 43.7 Å². The number of halogens is 1. The van der Waals surface area contributed by atoms with Crippen molar-refractivity contribution in [2.24, 2.45) is 0 Å². The van der Waals surface area contributed by atoms with Crippen LogP contribution >= 0.6 is 22.9 Å². The fraction of sp³-hybridized carbons (Fsp3) is 0.111. The predicted molar refractivity (Wildman–Crippen MR) is 106 cm³/mol. The molecule has 0 fully saturated rings. The van der Waals surface area contributed by atoms with Crippen molar-refractivity contribution in [2.45, 2.75) is 18.7 Å². The van der Waals surface area contributed by atoms with Gasteiger partial charge in [0.25, 0.3) is 10.0 Å². The molecular formula is C18H15ClN2O4S2. The van der Waals surface area contributed by atoms with Crippen LogP contribution < -0.4 is 4.72 Å². The van der Waals surface area contributed by atoms with E-state index in [2.05, 4.69) is 9.71 Å². The van der Waals surface area contributed by atoms with Gasteiger partial charge in [-0.3, -0.25) is 4.72 Å². The maximum atomic E-state index is 12.6. The molecule has 0 spiro atoms. The Hall–Kier alpha value is -2.42. The summed E-state index contributed by atoms with van der Waals surface area (Å²) < 4.78 is 27.7. The van der Waals surface area contributed by atoms with Crippen molar-refractivity contribution in [3.8, 4) is 11.3 Å². The molecule has 0 saturated carbocycles. The number of carbonyl (C=O) groups is 1. The van der Waals surface area contributed by atoms with Gasteiger partial charge in [0, 0.05) is 10.9 Å². The van der Waals surface area contributed by atoms with Crippen molar-refractivity contribution < 1.29 is 18.3 Å². The number of thiazole rings is 1. The van der Waals surface area contributed by atoms with E-state index in [0.717, 1.165) is 34.1 Å². The minimum Gasteiger partial charge on any atom is -0.478 e. The lowest BCUT2D eigenvalue weighted by Crippen LogP contribution is -2.14. The first-order valence-electron chi connectivity index (χ1n) is 7.76. The van der Waals surface area contributed by atoms with Gasteiger partial charge >= 0.3 is 5.97 Å². The SMILES string of the molecule is Cc1ccc(C)c(-c2csc(NS(=O)(=O)c3cc(C(=O)O)ccc3Cl)n2)c1. The van der Waals surface area contributed by atoms with E-state index >= 15 is 0 Å². The third-order valence-corrected chi connectivity index (χ3v) is 6.57. The zero-order valence-corrected chi connectivity index (χ0v) is 16.7. The molecule has 0 aliphatic rings. The Morgan fingerprint density at radius 1 is 1.19 bits per heavy atom. The van der Waals surface area contributed by atoms with Crippen LogP contribution in [0.1, 0.15) is 21.5 Å². The molecule has 3 rings (SSSR count). The number of sulfonamides is 1. The molecule has 140 valence electrons. The molecule has 1 aromatic heterocycles. The van der Waals surface area contributed by atoms with Gasteiger partial charge < -0.3 is 5.11 Å². The highest BCUT2D eigenvalue weighted by molar-refractivity contribution is 7.93. The van der Waals surface area contributed by atoms with Crippen LogP contribution in [-0.2, 0) is 10.0 Å². The second kappa shape index (κ2) is 7.30. The Bertz CT molecular complexity index is 1140. The summed E-state index contributed by atoms with van der Waals surface area (Å²) in [6.45, 7) is 3.92. The molecule has 0 aliphatic carbocycles. The lowest BCUT2D eigenvalue weighted by molar-refractivity contribution is 0.0696. The molecule has 27 heavy (non-hydrogen) atoms. The molecular weight excluding hydrogens is 408 g/mol. The summed E-state index contributed by atoms with van der Waals surface area (Å²) in [6, 6.07) is 9.45. The molecule has 3 aromatic rings. The highest BCUT2D eigenvalue weighted by Crippen LogP contribution is 2.30. The Morgan fingerprint density at radius 2 is 1.93 bits per heavy atom.